The van der Waals surface area contributed by atoms with Crippen molar-refractivity contribution in [1.29, 1.82) is 0 Å². The highest BCUT2D eigenvalue weighted by atomic mass is 32.2. The first-order valence-corrected chi connectivity index (χ1v) is 7.35. The molecule has 98 valence electrons. The van der Waals surface area contributed by atoms with Gasteiger partial charge in [0.1, 0.15) is 0 Å². The van der Waals surface area contributed by atoms with E-state index in [4.69, 9.17) is 0 Å². The van der Waals surface area contributed by atoms with E-state index in [2.05, 4.69) is 29.0 Å². The third kappa shape index (κ3) is 2.75. The van der Waals surface area contributed by atoms with Crippen LogP contribution in [-0.2, 0) is 6.42 Å². The second-order valence-corrected chi connectivity index (χ2v) is 5.28. The minimum atomic E-state index is -0.108. The van der Waals surface area contributed by atoms with Crippen molar-refractivity contribution >= 4 is 17.5 Å². The molecule has 0 fully saturated rings. The van der Waals surface area contributed by atoms with Crippen LogP contribution in [0.15, 0.2) is 16.0 Å². The van der Waals surface area contributed by atoms with Gasteiger partial charge in [-0.25, -0.2) is 0 Å². The number of unbranched alkanes of at least 4 members (excludes halogenated alkanes) is 1. The predicted molar refractivity (Wildman–Crippen MR) is 73.2 cm³/mol. The minimum absolute atomic E-state index is 0.108. The fraction of sp³-hybridized carbons (Fsp3) is 0.583. The number of hydrogen-bond acceptors (Lipinski definition) is 4. The second-order valence-electron chi connectivity index (χ2n) is 4.22. The van der Waals surface area contributed by atoms with Crippen molar-refractivity contribution in [2.75, 3.05) is 5.75 Å². The molecule has 2 aromatic heterocycles. The van der Waals surface area contributed by atoms with Crippen molar-refractivity contribution in [3.63, 3.8) is 0 Å². The van der Waals surface area contributed by atoms with Gasteiger partial charge in [0, 0.05) is 17.5 Å². The molecule has 0 saturated heterocycles. The lowest BCUT2D eigenvalue weighted by Gasteiger charge is -2.05. The van der Waals surface area contributed by atoms with E-state index in [1.165, 1.54) is 6.42 Å². The molecule has 5 nitrogen and oxygen atoms in total. The number of nitrogens with one attached hydrogen (secondary N) is 1. The quantitative estimate of drug-likeness (QED) is 0.643. The summed E-state index contributed by atoms with van der Waals surface area (Å²) in [5, 5.41) is 9.07. The number of aromatic nitrogens is 4. The normalized spacial score (nSPS) is 11.2. The molecule has 0 aliphatic rings. The molecule has 1 N–H and O–H groups in total. The van der Waals surface area contributed by atoms with E-state index < -0.39 is 0 Å². The van der Waals surface area contributed by atoms with Gasteiger partial charge in [-0.1, -0.05) is 38.5 Å². The second kappa shape index (κ2) is 6.04. The molecular weight excluding hydrogens is 248 g/mol. The van der Waals surface area contributed by atoms with Crippen molar-refractivity contribution < 1.29 is 0 Å². The molecule has 2 aromatic rings. The van der Waals surface area contributed by atoms with E-state index in [0.717, 1.165) is 35.9 Å². The van der Waals surface area contributed by atoms with E-state index >= 15 is 0 Å². The van der Waals surface area contributed by atoms with Crippen molar-refractivity contribution in [3.05, 3.63) is 22.1 Å². The fourth-order valence-electron chi connectivity index (χ4n) is 1.81. The maximum absolute atomic E-state index is 11.5. The van der Waals surface area contributed by atoms with Crippen LogP contribution in [0.1, 0.15) is 38.8 Å². The average molecular weight is 266 g/mol. The van der Waals surface area contributed by atoms with Gasteiger partial charge in [0.15, 0.2) is 5.16 Å². The Morgan fingerprint density at radius 1 is 1.33 bits per heavy atom. The standard InChI is InChI=1S/C12H18N4OS/c1-3-5-7-18-12-15-14-11-13-10(17)8-9(6-4-2)16(11)12/h8H,3-7H2,1-2H3,(H,13,14,17). The van der Waals surface area contributed by atoms with Crippen LogP contribution in [0.4, 0.5) is 0 Å². The van der Waals surface area contributed by atoms with E-state index in [0.29, 0.717) is 5.78 Å². The number of hydrogen-bond donors (Lipinski definition) is 1. The molecule has 0 aliphatic heterocycles. The summed E-state index contributed by atoms with van der Waals surface area (Å²) in [6, 6.07) is 1.64. The number of rotatable bonds is 6. The van der Waals surface area contributed by atoms with Gasteiger partial charge < -0.3 is 0 Å². The van der Waals surface area contributed by atoms with E-state index in [9.17, 15) is 4.79 Å². The van der Waals surface area contributed by atoms with Crippen LogP contribution in [0, 0.1) is 0 Å². The number of aromatic amines is 1. The molecule has 0 atom stereocenters. The molecule has 0 spiro atoms. The molecule has 2 heterocycles. The first-order chi connectivity index (χ1) is 8.76. The van der Waals surface area contributed by atoms with Gasteiger partial charge in [-0.05, 0) is 12.8 Å². The molecule has 0 unspecified atom stereocenters. The fourth-order valence-corrected chi connectivity index (χ4v) is 2.86. The predicted octanol–water partition coefficient (Wildman–Crippen LogP) is 2.26. The Morgan fingerprint density at radius 2 is 2.17 bits per heavy atom. The summed E-state index contributed by atoms with van der Waals surface area (Å²) in [6.07, 6.45) is 4.18. The number of aryl methyl sites for hydroxylation is 1. The molecule has 0 saturated carbocycles. The van der Waals surface area contributed by atoms with Gasteiger partial charge in [-0.15, -0.1) is 10.2 Å². The van der Waals surface area contributed by atoms with Gasteiger partial charge >= 0.3 is 0 Å². The third-order valence-corrected chi connectivity index (χ3v) is 3.70. The summed E-state index contributed by atoms with van der Waals surface area (Å²) in [6.45, 7) is 4.27. The minimum Gasteiger partial charge on any atom is -0.291 e. The molecule has 0 aliphatic carbocycles. The Hall–Kier alpha value is -1.30. The van der Waals surface area contributed by atoms with E-state index in [1.807, 2.05) is 4.40 Å². The summed E-state index contributed by atoms with van der Waals surface area (Å²) in [4.78, 5) is 14.2. The summed E-state index contributed by atoms with van der Waals surface area (Å²) < 4.78 is 1.96. The summed E-state index contributed by atoms with van der Waals surface area (Å²) >= 11 is 1.69. The first kappa shape index (κ1) is 13.1. The van der Waals surface area contributed by atoms with Crippen LogP contribution in [0.25, 0.3) is 5.78 Å². The molecule has 6 heteroatoms. The zero-order valence-corrected chi connectivity index (χ0v) is 11.6. The van der Waals surface area contributed by atoms with E-state index in [-0.39, 0.29) is 5.56 Å². The summed E-state index contributed by atoms with van der Waals surface area (Å²) in [7, 11) is 0. The van der Waals surface area contributed by atoms with Crippen LogP contribution in [-0.4, -0.2) is 25.3 Å². The smallest absolute Gasteiger partial charge is 0.252 e. The highest BCUT2D eigenvalue weighted by Gasteiger charge is 2.10. The number of thioether (sulfide) groups is 1. The lowest BCUT2D eigenvalue weighted by Crippen LogP contribution is -2.11. The van der Waals surface area contributed by atoms with Gasteiger partial charge in [-0.3, -0.25) is 14.2 Å². The Kier molecular flexibility index (Phi) is 4.41. The third-order valence-electron chi connectivity index (χ3n) is 2.69. The van der Waals surface area contributed by atoms with Crippen LogP contribution < -0.4 is 5.56 Å². The topological polar surface area (TPSA) is 63.0 Å². The highest BCUT2D eigenvalue weighted by molar-refractivity contribution is 7.99. The number of H-pyrrole nitrogens is 1. The Labute approximate surface area is 110 Å². The zero-order chi connectivity index (χ0) is 13.0. The van der Waals surface area contributed by atoms with Crippen LogP contribution in [0.3, 0.4) is 0 Å². The van der Waals surface area contributed by atoms with Crippen molar-refractivity contribution in [2.45, 2.75) is 44.7 Å². The maximum atomic E-state index is 11.5. The average Bonchev–Trinajstić information content (AvgIpc) is 2.73. The lowest BCUT2D eigenvalue weighted by molar-refractivity contribution is 0.798. The van der Waals surface area contributed by atoms with Crippen molar-refractivity contribution in [1.82, 2.24) is 19.6 Å². The molecule has 0 amide bonds. The van der Waals surface area contributed by atoms with E-state index in [1.54, 1.807) is 17.8 Å². The molecule has 0 aromatic carbocycles. The molecule has 0 bridgehead atoms. The monoisotopic (exact) mass is 266 g/mol. The Morgan fingerprint density at radius 3 is 2.89 bits per heavy atom. The SMILES string of the molecule is CCCCSc1nnc2[nH]c(=O)cc(CCC)n12. The summed E-state index contributed by atoms with van der Waals surface area (Å²) in [5.41, 5.74) is 0.878. The largest absolute Gasteiger partial charge is 0.291 e. The molecule has 2 rings (SSSR count). The molecule has 0 radical (unpaired) electrons. The first-order valence-electron chi connectivity index (χ1n) is 6.36. The lowest BCUT2D eigenvalue weighted by atomic mass is 10.2. The number of fused-ring (bicyclic) bond motifs is 1. The molecular formula is C12H18N4OS. The number of nitrogens with zero attached hydrogens (tertiary/aromatic N) is 3. The van der Waals surface area contributed by atoms with Gasteiger partial charge in [-0.2, -0.15) is 0 Å². The van der Waals surface area contributed by atoms with Crippen LogP contribution in [0.2, 0.25) is 0 Å². The van der Waals surface area contributed by atoms with Crippen molar-refractivity contribution in [3.8, 4) is 0 Å². The van der Waals surface area contributed by atoms with Gasteiger partial charge in [0.25, 0.3) is 5.56 Å². The van der Waals surface area contributed by atoms with Gasteiger partial charge in [0.05, 0.1) is 0 Å². The van der Waals surface area contributed by atoms with Gasteiger partial charge in [0.2, 0.25) is 5.78 Å². The highest BCUT2D eigenvalue weighted by Crippen LogP contribution is 2.19. The van der Waals surface area contributed by atoms with Crippen LogP contribution >= 0.6 is 11.8 Å². The summed E-state index contributed by atoms with van der Waals surface area (Å²) in [5.74, 6) is 1.58. The Balaban J connectivity index is 2.39. The van der Waals surface area contributed by atoms with Crippen LogP contribution in [0.5, 0.6) is 0 Å². The Bertz CT molecular complexity index is 575. The maximum Gasteiger partial charge on any atom is 0.252 e. The van der Waals surface area contributed by atoms with Crippen molar-refractivity contribution in [2.24, 2.45) is 0 Å². The molecule has 18 heavy (non-hydrogen) atoms. The zero-order valence-electron chi connectivity index (χ0n) is 10.8.